The molecule has 0 spiro atoms. The topological polar surface area (TPSA) is 40.5 Å². The zero-order valence-electron chi connectivity index (χ0n) is 7.40. The fraction of sp³-hybridized carbons (Fsp3) is 1.00. The van der Waals surface area contributed by atoms with Gasteiger partial charge in [0.1, 0.15) is 0 Å². The summed E-state index contributed by atoms with van der Waals surface area (Å²) < 4.78 is 2.29. The van der Waals surface area contributed by atoms with Crippen LogP contribution < -0.4 is 0 Å². The van der Waals surface area contributed by atoms with Crippen LogP contribution in [-0.2, 0) is 0 Å². The van der Waals surface area contributed by atoms with E-state index in [0.717, 1.165) is 10.8 Å². The molecule has 2 nitrogen and oxygen atoms in total. The van der Waals surface area contributed by atoms with E-state index in [4.69, 9.17) is 10.2 Å². The SMILES string of the molecule is OCCC[IH]P.OCC[IH]P.[U].[U]. The summed E-state index contributed by atoms with van der Waals surface area (Å²) in [5, 5.41) is 16.3. The Morgan fingerprint density at radius 2 is 1.31 bits per heavy atom. The molecule has 0 bridgehead atoms. The van der Waals surface area contributed by atoms with Crippen molar-refractivity contribution in [2.24, 2.45) is 0 Å². The molecule has 0 radical (unpaired) electrons. The molecule has 0 saturated heterocycles. The summed E-state index contributed by atoms with van der Waals surface area (Å²) in [7, 11) is 0. The zero-order chi connectivity index (χ0) is 8.95. The van der Waals surface area contributed by atoms with E-state index in [1.807, 2.05) is 0 Å². The molecular weight excluding hydrogens is 884 g/mol. The average Bonchev–Trinajstić information content (AvgIpc) is 2.04. The van der Waals surface area contributed by atoms with Gasteiger partial charge in [-0.3, -0.25) is 0 Å². The van der Waals surface area contributed by atoms with E-state index in [1.54, 1.807) is 0 Å². The van der Waals surface area contributed by atoms with Crippen LogP contribution in [0, 0.1) is 62.2 Å². The van der Waals surface area contributed by atoms with Crippen LogP contribution in [0.3, 0.4) is 0 Å². The Kier molecular flexibility index (Phi) is 59.8. The third-order valence-electron chi connectivity index (χ3n) is 0.629. The van der Waals surface area contributed by atoms with Crippen LogP contribution in [0.5, 0.6) is 0 Å². The summed E-state index contributed by atoms with van der Waals surface area (Å²) in [5.74, 6) is 0. The molecule has 0 heterocycles. The largest absolute Gasteiger partial charge is 0 e. The molecule has 82 valence electrons. The number of halogens is 2. The van der Waals surface area contributed by atoms with Gasteiger partial charge < -0.3 is 0 Å². The predicted molar refractivity (Wildman–Crippen MR) is 78.8 cm³/mol. The van der Waals surface area contributed by atoms with Crippen LogP contribution in [0.1, 0.15) is 6.42 Å². The van der Waals surface area contributed by atoms with Crippen molar-refractivity contribution in [1.29, 1.82) is 0 Å². The van der Waals surface area contributed by atoms with E-state index >= 15 is 0 Å². The molecule has 13 heavy (non-hydrogen) atoms. The molecule has 0 amide bonds. The van der Waals surface area contributed by atoms with Crippen molar-refractivity contribution in [1.82, 2.24) is 0 Å². The summed E-state index contributed by atoms with van der Waals surface area (Å²) in [4.78, 5) is 0. The fourth-order valence-electron chi connectivity index (χ4n) is 0.201. The Hall–Kier alpha value is 4.34. The average molecular weight is 902 g/mol. The van der Waals surface area contributed by atoms with Crippen LogP contribution in [0.25, 0.3) is 0 Å². The Morgan fingerprint density at radius 1 is 0.846 bits per heavy atom. The van der Waals surface area contributed by atoms with Crippen molar-refractivity contribution in [2.45, 2.75) is 6.42 Å². The van der Waals surface area contributed by atoms with E-state index in [9.17, 15) is 0 Å². The Morgan fingerprint density at radius 3 is 1.38 bits per heavy atom. The number of rotatable bonds is 5. The minimum atomic E-state index is 0. The molecule has 0 aromatic rings. The smallest absolute Gasteiger partial charge is 0 e. The standard InChI is InChI=1S/C3H10IOP.C2H8IOP.2U/c5-3-1-2-4-6;4-2-1-3-5;;/h4-5H,1-3,6H2;3-4H,1-2,5H2;;. The van der Waals surface area contributed by atoms with Crippen molar-refractivity contribution in [3.8, 4) is 0 Å². The maximum absolute atomic E-state index is 8.21. The summed E-state index contributed by atoms with van der Waals surface area (Å²) in [6.45, 7) is 6.17. The van der Waals surface area contributed by atoms with Crippen LogP contribution in [0.4, 0.5) is 0 Å². The first kappa shape index (κ1) is 26.0. The zero-order valence-corrected chi connectivity index (χ0v) is 22.7. The van der Waals surface area contributed by atoms with E-state index < -0.39 is 0 Å². The molecule has 0 aliphatic rings. The van der Waals surface area contributed by atoms with Crippen LogP contribution in [-0.4, -0.2) is 32.3 Å². The van der Waals surface area contributed by atoms with Gasteiger partial charge in [0, 0.05) is 62.2 Å². The molecule has 2 atom stereocenters. The minimum absolute atomic E-state index is 0. The normalized spacial score (nSPS) is 8.00. The first-order valence-electron chi connectivity index (χ1n) is 3.18. The monoisotopic (exact) mass is 902 g/mol. The molecule has 0 aromatic carbocycles. The molecule has 2 N–H and O–H groups in total. The second-order valence-corrected chi connectivity index (χ2v) is 10.2. The Balaban J connectivity index is -0.0000000546. The second-order valence-electron chi connectivity index (χ2n) is 1.54. The summed E-state index contributed by atoms with van der Waals surface area (Å²) in [5.41, 5.74) is 0. The summed E-state index contributed by atoms with van der Waals surface area (Å²) >= 11 is 0.361. The van der Waals surface area contributed by atoms with E-state index in [2.05, 4.69) is 13.8 Å². The molecule has 0 fully saturated rings. The first-order chi connectivity index (χ1) is 5.33. The van der Waals surface area contributed by atoms with Gasteiger partial charge in [-0.2, -0.15) is 0 Å². The van der Waals surface area contributed by atoms with Gasteiger partial charge in [-0.1, -0.05) is 0 Å². The molecule has 0 aliphatic heterocycles. The molecule has 8 heteroatoms. The number of hydrogen-bond acceptors (Lipinski definition) is 2. The van der Waals surface area contributed by atoms with Crippen molar-refractivity contribution in [3.63, 3.8) is 0 Å². The van der Waals surface area contributed by atoms with E-state index in [-0.39, 0.29) is 104 Å². The van der Waals surface area contributed by atoms with Gasteiger partial charge in [0.05, 0.1) is 0 Å². The number of aliphatic hydroxyl groups excluding tert-OH is 2. The first-order valence-corrected chi connectivity index (χ1v) is 15.5. The van der Waals surface area contributed by atoms with Gasteiger partial charge in [0.15, 0.2) is 0 Å². The fourth-order valence-corrected chi connectivity index (χ4v) is 3.17. The van der Waals surface area contributed by atoms with Gasteiger partial charge in [-0.25, -0.2) is 0 Å². The van der Waals surface area contributed by atoms with Crippen molar-refractivity contribution >= 4 is 55.1 Å². The molecule has 2 unspecified atom stereocenters. The number of hydrogen-bond donors (Lipinski definition) is 2. The summed E-state index contributed by atoms with van der Waals surface area (Å²) in [6.07, 6.45) is 1.01. The molecule has 0 rings (SSSR count). The molecule has 0 aromatic heterocycles. The number of aliphatic hydroxyl groups is 2. The molecule has 0 saturated carbocycles. The van der Waals surface area contributed by atoms with Gasteiger partial charge >= 0.3 is 93.8 Å². The van der Waals surface area contributed by atoms with Gasteiger partial charge in [0.25, 0.3) is 0 Å². The van der Waals surface area contributed by atoms with E-state index in [1.165, 1.54) is 4.43 Å². The predicted octanol–water partition coefficient (Wildman–Crippen LogP) is 1.33. The van der Waals surface area contributed by atoms with Gasteiger partial charge in [-0.15, -0.1) is 0 Å². The van der Waals surface area contributed by atoms with E-state index in [0.29, 0.717) is 13.2 Å². The van der Waals surface area contributed by atoms with Crippen LogP contribution in [0.2, 0.25) is 0 Å². The van der Waals surface area contributed by atoms with Gasteiger partial charge in [-0.05, 0) is 0 Å². The second kappa shape index (κ2) is 29.9. The maximum Gasteiger partial charge on any atom is 0 e. The van der Waals surface area contributed by atoms with Crippen LogP contribution in [0.15, 0.2) is 0 Å². The third-order valence-corrected chi connectivity index (χ3v) is 6.48. The minimum Gasteiger partial charge on any atom is 0 e. The van der Waals surface area contributed by atoms with Gasteiger partial charge in [0.2, 0.25) is 0 Å². The quantitative estimate of drug-likeness (QED) is 0.190. The van der Waals surface area contributed by atoms with Crippen molar-refractivity contribution in [3.05, 3.63) is 0 Å². The molecular formula is C5H18I2O2P2U2. The Labute approximate surface area is 153 Å². The Bertz CT molecular complexity index is 61.8. The summed E-state index contributed by atoms with van der Waals surface area (Å²) in [6, 6.07) is 0. The number of alkyl halides is 2. The van der Waals surface area contributed by atoms with Crippen molar-refractivity contribution < 1.29 is 72.4 Å². The maximum atomic E-state index is 8.21. The van der Waals surface area contributed by atoms with Crippen LogP contribution >= 0.6 is 55.1 Å². The third kappa shape index (κ3) is 38.5. The molecule has 0 aliphatic carbocycles. The van der Waals surface area contributed by atoms with Crippen molar-refractivity contribution in [2.75, 3.05) is 22.1 Å².